The molecular weight excluding hydrogens is 271 g/mol. The van der Waals surface area contributed by atoms with Crippen molar-refractivity contribution in [2.45, 2.75) is 0 Å². The molecule has 6 heteroatoms. The second-order valence-corrected chi connectivity index (χ2v) is 4.75. The number of hydrogen-bond acceptors (Lipinski definition) is 3. The second-order valence-electron chi connectivity index (χ2n) is 4.75. The highest BCUT2D eigenvalue weighted by molar-refractivity contribution is 6.54. The summed E-state index contributed by atoms with van der Waals surface area (Å²) in [5.74, 6) is -0.734. The number of fused-ring (bicyclic) bond motifs is 2. The van der Waals surface area contributed by atoms with Crippen LogP contribution in [-0.4, -0.2) is 21.8 Å². The normalized spacial score (nSPS) is 15.5. The molecule has 0 aliphatic carbocycles. The Hall–Kier alpha value is -3.02. The number of aliphatic imine (C=N–C) groups is 1. The lowest BCUT2D eigenvalue weighted by Gasteiger charge is -1.99. The molecule has 0 saturated heterocycles. The second kappa shape index (κ2) is 4.24. The molecule has 0 saturated carbocycles. The Morgan fingerprint density at radius 1 is 1.14 bits per heavy atom. The molecule has 0 radical (unpaired) electrons. The topological polar surface area (TPSA) is 70.1 Å². The number of nitrogens with zero attached hydrogens (tertiary/aromatic N) is 2. The van der Waals surface area contributed by atoms with Crippen LogP contribution in [0.5, 0.6) is 0 Å². The molecule has 3 aromatic rings. The maximum Gasteiger partial charge on any atom is 0.275 e. The predicted octanol–water partition coefficient (Wildman–Crippen LogP) is 2.77. The number of rotatable bonds is 1. The van der Waals surface area contributed by atoms with Gasteiger partial charge in [0, 0.05) is 10.9 Å². The number of hydrogen-bond donors (Lipinski definition) is 2. The highest BCUT2D eigenvalue weighted by Gasteiger charge is 2.26. The van der Waals surface area contributed by atoms with Crippen LogP contribution in [0.4, 0.5) is 15.8 Å². The molecule has 2 N–H and O–H groups in total. The number of benzene rings is 2. The Labute approximate surface area is 118 Å². The smallest absolute Gasteiger partial charge is 0.275 e. The molecule has 1 aliphatic rings. The van der Waals surface area contributed by atoms with Gasteiger partial charge in [-0.1, -0.05) is 0 Å². The number of aromatic amines is 1. The lowest BCUT2D eigenvalue weighted by molar-refractivity contribution is -0.110. The summed E-state index contributed by atoms with van der Waals surface area (Å²) in [5, 5.41) is 10.4. The summed E-state index contributed by atoms with van der Waals surface area (Å²) in [5.41, 5.74) is 2.69. The van der Waals surface area contributed by atoms with E-state index in [1.807, 2.05) is 6.07 Å². The third kappa shape index (κ3) is 1.88. The van der Waals surface area contributed by atoms with Crippen LogP contribution in [0.15, 0.2) is 47.6 Å². The summed E-state index contributed by atoms with van der Waals surface area (Å²) in [7, 11) is 0. The maximum absolute atomic E-state index is 13.4. The fraction of sp³-hybridized carbons (Fsp3) is 0. The van der Waals surface area contributed by atoms with Gasteiger partial charge in [0.25, 0.3) is 5.91 Å². The first-order valence-corrected chi connectivity index (χ1v) is 6.34. The molecule has 1 aromatic heterocycles. The van der Waals surface area contributed by atoms with E-state index in [1.165, 1.54) is 18.2 Å². The Kier molecular flexibility index (Phi) is 2.38. The fourth-order valence-electron chi connectivity index (χ4n) is 2.36. The van der Waals surface area contributed by atoms with Crippen molar-refractivity contribution in [2.24, 2.45) is 4.99 Å². The van der Waals surface area contributed by atoms with Gasteiger partial charge in [-0.05, 0) is 36.4 Å². The zero-order chi connectivity index (χ0) is 14.4. The lowest BCUT2D eigenvalue weighted by atomic mass is 10.1. The number of aromatic nitrogens is 2. The molecule has 0 fully saturated rings. The van der Waals surface area contributed by atoms with E-state index in [1.54, 1.807) is 18.3 Å². The molecule has 2 heterocycles. The molecule has 21 heavy (non-hydrogen) atoms. The zero-order valence-electron chi connectivity index (χ0n) is 10.7. The molecule has 1 aliphatic heterocycles. The van der Waals surface area contributed by atoms with Crippen LogP contribution < -0.4 is 5.32 Å². The maximum atomic E-state index is 13.4. The van der Waals surface area contributed by atoms with E-state index in [4.69, 9.17) is 0 Å². The van der Waals surface area contributed by atoms with E-state index in [2.05, 4.69) is 20.5 Å². The predicted molar refractivity (Wildman–Crippen MR) is 77.3 cm³/mol. The standard InChI is InChI=1S/C15H9FN4O/c16-9-2-4-12-11(5-9)14(15(21)19-12)18-10-3-1-8-7-17-20-13(8)6-10/h1-7H,(H,17,20)(H,18,19,21). The zero-order valence-corrected chi connectivity index (χ0v) is 10.7. The molecule has 102 valence electrons. The average Bonchev–Trinajstić information content (AvgIpc) is 3.04. The summed E-state index contributed by atoms with van der Waals surface area (Å²) in [6.07, 6.45) is 1.71. The van der Waals surface area contributed by atoms with E-state index in [0.717, 1.165) is 10.9 Å². The van der Waals surface area contributed by atoms with Crippen LogP contribution in [0.2, 0.25) is 0 Å². The molecule has 4 rings (SSSR count). The lowest BCUT2D eigenvalue weighted by Crippen LogP contribution is -2.13. The summed E-state index contributed by atoms with van der Waals surface area (Å²) in [6, 6.07) is 9.58. The highest BCUT2D eigenvalue weighted by atomic mass is 19.1. The van der Waals surface area contributed by atoms with Gasteiger partial charge in [-0.25, -0.2) is 9.38 Å². The van der Waals surface area contributed by atoms with Gasteiger partial charge in [-0.15, -0.1) is 0 Å². The fourth-order valence-corrected chi connectivity index (χ4v) is 2.36. The Morgan fingerprint density at radius 3 is 2.95 bits per heavy atom. The molecule has 0 unspecified atom stereocenters. The minimum absolute atomic E-state index is 0.211. The van der Waals surface area contributed by atoms with Gasteiger partial charge in [0.1, 0.15) is 11.5 Å². The third-order valence-electron chi connectivity index (χ3n) is 3.37. The number of amides is 1. The van der Waals surface area contributed by atoms with Gasteiger partial charge in [0.05, 0.1) is 23.1 Å². The average molecular weight is 280 g/mol. The molecule has 2 aromatic carbocycles. The van der Waals surface area contributed by atoms with Crippen molar-refractivity contribution in [3.8, 4) is 0 Å². The van der Waals surface area contributed by atoms with Crippen molar-refractivity contribution < 1.29 is 9.18 Å². The number of anilines is 1. The van der Waals surface area contributed by atoms with Crippen LogP contribution in [0.1, 0.15) is 5.56 Å². The molecule has 1 amide bonds. The number of halogens is 1. The summed E-state index contributed by atoms with van der Waals surface area (Å²) in [6.45, 7) is 0. The van der Waals surface area contributed by atoms with Gasteiger partial charge in [0.15, 0.2) is 0 Å². The van der Waals surface area contributed by atoms with Crippen LogP contribution in [0.3, 0.4) is 0 Å². The van der Waals surface area contributed by atoms with Gasteiger partial charge in [0.2, 0.25) is 0 Å². The van der Waals surface area contributed by atoms with Crippen LogP contribution in [-0.2, 0) is 4.79 Å². The largest absolute Gasteiger partial charge is 0.320 e. The molecule has 0 atom stereocenters. The van der Waals surface area contributed by atoms with Crippen LogP contribution in [0.25, 0.3) is 10.9 Å². The molecule has 5 nitrogen and oxygen atoms in total. The van der Waals surface area contributed by atoms with Crippen LogP contribution >= 0.6 is 0 Å². The monoisotopic (exact) mass is 280 g/mol. The summed E-state index contributed by atoms with van der Waals surface area (Å²) >= 11 is 0. The first-order valence-electron chi connectivity index (χ1n) is 6.34. The van der Waals surface area contributed by atoms with Crippen molar-refractivity contribution in [3.05, 3.63) is 54.0 Å². The third-order valence-corrected chi connectivity index (χ3v) is 3.37. The van der Waals surface area contributed by atoms with Crippen molar-refractivity contribution in [3.63, 3.8) is 0 Å². The molecule has 0 spiro atoms. The number of carbonyl (C=O) groups is 1. The highest BCUT2D eigenvalue weighted by Crippen LogP contribution is 2.27. The van der Waals surface area contributed by atoms with Gasteiger partial charge in [-0.3, -0.25) is 9.89 Å². The number of H-pyrrole nitrogens is 1. The van der Waals surface area contributed by atoms with Gasteiger partial charge >= 0.3 is 0 Å². The Balaban J connectivity index is 1.85. The van der Waals surface area contributed by atoms with E-state index in [-0.39, 0.29) is 11.6 Å². The quantitative estimate of drug-likeness (QED) is 0.719. The van der Waals surface area contributed by atoms with E-state index in [9.17, 15) is 9.18 Å². The van der Waals surface area contributed by atoms with E-state index >= 15 is 0 Å². The first kappa shape index (κ1) is 11.8. The van der Waals surface area contributed by atoms with Crippen molar-refractivity contribution in [1.82, 2.24) is 10.2 Å². The van der Waals surface area contributed by atoms with Gasteiger partial charge in [-0.2, -0.15) is 5.10 Å². The Bertz CT molecular complexity index is 913. The number of nitrogens with one attached hydrogen (secondary N) is 2. The summed E-state index contributed by atoms with van der Waals surface area (Å²) in [4.78, 5) is 16.3. The first-order chi connectivity index (χ1) is 10.2. The Morgan fingerprint density at radius 2 is 2.05 bits per heavy atom. The SMILES string of the molecule is O=C1Nc2ccc(F)cc2/C1=N/c1ccc2cn[nH]c2c1. The van der Waals surface area contributed by atoms with Crippen molar-refractivity contribution in [1.29, 1.82) is 0 Å². The van der Waals surface area contributed by atoms with E-state index < -0.39 is 5.82 Å². The van der Waals surface area contributed by atoms with E-state index in [0.29, 0.717) is 16.9 Å². The van der Waals surface area contributed by atoms with Gasteiger partial charge < -0.3 is 5.32 Å². The summed E-state index contributed by atoms with van der Waals surface area (Å²) < 4.78 is 13.4. The number of carbonyl (C=O) groups excluding carboxylic acids is 1. The minimum atomic E-state index is -0.401. The van der Waals surface area contributed by atoms with Crippen molar-refractivity contribution >= 4 is 33.9 Å². The molecular formula is C15H9FN4O. The minimum Gasteiger partial charge on any atom is -0.320 e. The van der Waals surface area contributed by atoms with Crippen LogP contribution in [0, 0.1) is 5.82 Å². The molecule has 0 bridgehead atoms. The van der Waals surface area contributed by atoms with Crippen molar-refractivity contribution in [2.75, 3.05) is 5.32 Å².